The number of carbonyl (C=O) groups is 1. The van der Waals surface area contributed by atoms with E-state index in [9.17, 15) is 10.2 Å². The molecule has 4 N–H and O–H groups in total. The van der Waals surface area contributed by atoms with Gasteiger partial charge in [0.1, 0.15) is 45.9 Å². The Hall–Kier alpha value is -7.87. The van der Waals surface area contributed by atoms with E-state index in [1.165, 1.54) is 25.7 Å². The monoisotopic (exact) mass is 966 g/mol. The Morgan fingerprint density at radius 1 is 0.528 bits per heavy atom. The largest absolute Gasteiger partial charge is 0.508 e. The maximum Gasteiger partial charge on any atom is 0.194 e. The number of phenolic OH excluding ortho intramolecular Hbond substituents is 2. The Bertz CT molecular complexity index is 2890. The third kappa shape index (κ3) is 10.6. The van der Waals surface area contributed by atoms with Crippen LogP contribution in [0.2, 0.25) is 0 Å². The van der Waals surface area contributed by atoms with Crippen LogP contribution in [0.25, 0.3) is 67.4 Å². The second-order valence-corrected chi connectivity index (χ2v) is 18.3. The number of piperidine rings is 2. The van der Waals surface area contributed by atoms with Gasteiger partial charge in [0, 0.05) is 56.6 Å². The van der Waals surface area contributed by atoms with Crippen LogP contribution in [0.1, 0.15) is 67.3 Å². The van der Waals surface area contributed by atoms with Gasteiger partial charge >= 0.3 is 0 Å². The highest BCUT2D eigenvalue weighted by atomic mass is 16.5. The molecule has 72 heavy (non-hydrogen) atoms. The number of ketones is 1. The topological polar surface area (TPSA) is 171 Å². The highest BCUT2D eigenvalue weighted by Crippen LogP contribution is 2.47. The molecule has 0 spiro atoms. The van der Waals surface area contributed by atoms with Crippen molar-refractivity contribution < 1.29 is 43.0 Å². The number of hydrogen-bond donors (Lipinski definition) is 4. The van der Waals surface area contributed by atoms with Crippen LogP contribution >= 0.6 is 0 Å². The molecule has 6 aromatic carbocycles. The van der Waals surface area contributed by atoms with Gasteiger partial charge in [0.15, 0.2) is 17.3 Å². The van der Waals surface area contributed by atoms with Gasteiger partial charge in [0.2, 0.25) is 0 Å². The number of methoxy groups -OCH3 is 2. The molecule has 4 heterocycles. The highest BCUT2D eigenvalue weighted by molar-refractivity contribution is 6.18. The van der Waals surface area contributed by atoms with E-state index in [4.69, 9.17) is 28.0 Å². The van der Waals surface area contributed by atoms with Crippen molar-refractivity contribution in [3.8, 4) is 102 Å². The molecule has 368 valence electrons. The van der Waals surface area contributed by atoms with Gasteiger partial charge in [-0.1, -0.05) is 23.2 Å². The molecule has 10 rings (SSSR count). The lowest BCUT2D eigenvalue weighted by molar-refractivity contribution is 0.104. The fourth-order valence-electron chi connectivity index (χ4n) is 9.75. The number of aromatic hydroxyl groups is 2. The minimum Gasteiger partial charge on any atom is -0.508 e. The average molecular weight is 967 g/mol. The molecule has 13 nitrogen and oxygen atoms in total. The van der Waals surface area contributed by atoms with E-state index in [1.807, 2.05) is 84.9 Å². The Labute approximate surface area is 418 Å². The second-order valence-electron chi connectivity index (χ2n) is 18.3. The number of phenols is 2. The summed E-state index contributed by atoms with van der Waals surface area (Å²) in [5, 5.41) is 37.3. The average Bonchev–Trinajstić information content (AvgIpc) is 4.08. The molecule has 2 atom stereocenters. The molecular weight excluding hydrogens is 909 g/mol. The van der Waals surface area contributed by atoms with E-state index in [1.54, 1.807) is 62.8 Å². The van der Waals surface area contributed by atoms with E-state index in [2.05, 4.69) is 20.9 Å². The van der Waals surface area contributed by atoms with Crippen molar-refractivity contribution in [2.24, 2.45) is 0 Å². The quantitative estimate of drug-likeness (QED) is 0.0600. The van der Waals surface area contributed by atoms with Crippen LogP contribution in [-0.4, -0.2) is 78.9 Å². The molecule has 0 radical (unpaired) electrons. The Morgan fingerprint density at radius 3 is 1.29 bits per heavy atom. The zero-order chi connectivity index (χ0) is 49.4. The summed E-state index contributed by atoms with van der Waals surface area (Å²) >= 11 is 0. The van der Waals surface area contributed by atoms with Crippen molar-refractivity contribution >= 4 is 5.78 Å². The van der Waals surface area contributed by atoms with Gasteiger partial charge in [-0.3, -0.25) is 4.79 Å². The summed E-state index contributed by atoms with van der Waals surface area (Å²) in [7, 11) is 3.22. The van der Waals surface area contributed by atoms with Gasteiger partial charge in [-0.05, 0) is 185 Å². The summed E-state index contributed by atoms with van der Waals surface area (Å²) in [6.45, 7) is 2.92. The van der Waals surface area contributed by atoms with Gasteiger partial charge in [-0.15, -0.1) is 0 Å². The maximum atomic E-state index is 16.1. The predicted octanol–water partition coefficient (Wildman–Crippen LogP) is 12.1. The van der Waals surface area contributed by atoms with Crippen molar-refractivity contribution in [1.82, 2.24) is 20.9 Å². The molecule has 0 amide bonds. The number of ether oxygens (including phenoxy) is 4. The van der Waals surface area contributed by atoms with Crippen molar-refractivity contribution in [2.45, 2.75) is 63.5 Å². The van der Waals surface area contributed by atoms with Gasteiger partial charge in [-0.25, -0.2) is 0 Å². The number of benzene rings is 6. The summed E-state index contributed by atoms with van der Waals surface area (Å²) < 4.78 is 36.7. The zero-order valence-corrected chi connectivity index (χ0v) is 40.5. The van der Waals surface area contributed by atoms with Crippen molar-refractivity contribution in [3.63, 3.8) is 0 Å². The van der Waals surface area contributed by atoms with E-state index in [0.29, 0.717) is 127 Å². The second kappa shape index (κ2) is 22.0. The van der Waals surface area contributed by atoms with Crippen LogP contribution in [0.5, 0.6) is 34.5 Å². The molecule has 0 bridgehead atoms. The summed E-state index contributed by atoms with van der Waals surface area (Å²) in [6, 6.07) is 40.2. The Balaban J connectivity index is 1.15. The molecule has 13 heteroatoms. The molecule has 2 aliphatic heterocycles. The van der Waals surface area contributed by atoms with Crippen molar-refractivity contribution in [3.05, 3.63) is 145 Å². The van der Waals surface area contributed by atoms with Crippen molar-refractivity contribution in [2.75, 3.05) is 40.5 Å². The lowest BCUT2D eigenvalue weighted by Crippen LogP contribution is -2.35. The molecule has 2 saturated heterocycles. The van der Waals surface area contributed by atoms with Crippen LogP contribution in [0.4, 0.5) is 0 Å². The van der Waals surface area contributed by atoms with Gasteiger partial charge in [0.05, 0.1) is 38.6 Å². The molecule has 2 unspecified atom stereocenters. The number of aromatic nitrogens is 2. The zero-order valence-electron chi connectivity index (χ0n) is 40.5. The van der Waals surface area contributed by atoms with Crippen LogP contribution in [0, 0.1) is 0 Å². The molecule has 2 aliphatic rings. The van der Waals surface area contributed by atoms with Crippen molar-refractivity contribution in [1.29, 1.82) is 0 Å². The van der Waals surface area contributed by atoms with Crippen LogP contribution < -0.4 is 29.6 Å². The lowest BCUT2D eigenvalue weighted by Gasteiger charge is -2.23. The number of nitrogens with zero attached hydrogens (tertiary/aromatic N) is 2. The fraction of sp³-hybridized carbons (Fsp3) is 0.271. The first-order valence-corrected chi connectivity index (χ1v) is 24.8. The third-order valence-electron chi connectivity index (χ3n) is 13.7. The van der Waals surface area contributed by atoms with Crippen LogP contribution in [-0.2, 0) is 0 Å². The third-order valence-corrected chi connectivity index (χ3v) is 13.7. The number of rotatable bonds is 18. The standard InChI is InChI=1S/C59H58N4O9/c1-67-45-21-13-39(14-22-45)58-53(55(62-71-58)37-9-17-43(64)18-10-37)51-35-47(69-33-29-41-7-3-5-31-60-41)25-27-49(51)57(66)50-28-26-48(70-34-30-42-8-4-6-32-61-42)36-52(50)54-56(38-11-19-44(65)20-12-38)63-72-59(54)40-15-23-46(68-2)24-16-40/h9-28,35-36,41-42,60-61,64-65H,3-8,29-34H2,1-2H3. The van der Waals surface area contributed by atoms with E-state index >= 15 is 4.79 Å². The predicted molar refractivity (Wildman–Crippen MR) is 277 cm³/mol. The normalized spacial score (nSPS) is 15.8. The van der Waals surface area contributed by atoms with Crippen LogP contribution in [0.3, 0.4) is 0 Å². The molecule has 2 aromatic heterocycles. The first-order valence-electron chi connectivity index (χ1n) is 24.8. The maximum absolute atomic E-state index is 16.1. The van der Waals surface area contributed by atoms with Gasteiger partial charge in [-0.2, -0.15) is 0 Å². The molecule has 8 aromatic rings. The van der Waals surface area contributed by atoms with Gasteiger partial charge in [0.25, 0.3) is 0 Å². The van der Waals surface area contributed by atoms with E-state index in [0.717, 1.165) is 38.8 Å². The summed E-state index contributed by atoms with van der Waals surface area (Å²) in [6.07, 6.45) is 8.54. The number of hydrogen-bond acceptors (Lipinski definition) is 13. The Morgan fingerprint density at radius 2 is 0.917 bits per heavy atom. The molecule has 0 aliphatic carbocycles. The molecular formula is C59H58N4O9. The highest BCUT2D eigenvalue weighted by Gasteiger charge is 2.31. The number of carbonyl (C=O) groups excluding carboxylic acids is 1. The first kappa shape index (κ1) is 47.8. The summed E-state index contributed by atoms with van der Waals surface area (Å²) in [5.74, 6) is 3.19. The first-order chi connectivity index (χ1) is 35.3. The Kier molecular flexibility index (Phi) is 14.6. The smallest absolute Gasteiger partial charge is 0.194 e. The summed E-state index contributed by atoms with van der Waals surface area (Å²) in [5.41, 5.74) is 6.51. The van der Waals surface area contributed by atoms with Gasteiger partial charge < -0.3 is 48.8 Å². The van der Waals surface area contributed by atoms with E-state index < -0.39 is 0 Å². The number of nitrogens with one attached hydrogen (secondary N) is 2. The fourth-order valence-corrected chi connectivity index (χ4v) is 9.75. The summed E-state index contributed by atoms with van der Waals surface area (Å²) in [4.78, 5) is 16.1. The molecule has 2 fully saturated rings. The van der Waals surface area contributed by atoms with E-state index in [-0.39, 0.29) is 17.3 Å². The van der Waals surface area contributed by atoms with Crippen LogP contribution in [0.15, 0.2) is 143 Å². The minimum atomic E-state index is -0.312. The minimum absolute atomic E-state index is 0.0953. The lowest BCUT2D eigenvalue weighted by atomic mass is 9.86. The molecule has 0 saturated carbocycles. The SMILES string of the molecule is COc1ccc(-c2onc(-c3ccc(O)cc3)c2-c2cc(OCCC3CCCCN3)ccc2C(=O)c2ccc(OCCC3CCCCN3)cc2-c2c(-c3ccc(O)cc3)noc2-c2ccc(OC)cc2)cc1.